The molecule has 2 nitrogen and oxygen atoms in total. The van der Waals surface area contributed by atoms with Crippen molar-refractivity contribution >= 4 is 23.9 Å². The molecule has 0 saturated heterocycles. The van der Waals surface area contributed by atoms with Crippen molar-refractivity contribution in [2.45, 2.75) is 38.6 Å². The van der Waals surface area contributed by atoms with Gasteiger partial charge in [-0.1, -0.05) is 50.1 Å². The minimum atomic E-state index is 0.352. The van der Waals surface area contributed by atoms with Crippen LogP contribution in [0.5, 0.6) is 0 Å². The van der Waals surface area contributed by atoms with Crippen molar-refractivity contribution < 1.29 is 0 Å². The van der Waals surface area contributed by atoms with Crippen LogP contribution in [-0.4, -0.2) is 31.3 Å². The van der Waals surface area contributed by atoms with Crippen LogP contribution in [0, 0.1) is 0 Å². The largest absolute Gasteiger partial charge is 0.297 e. The summed E-state index contributed by atoms with van der Waals surface area (Å²) in [6, 6.07) is 8.22. The van der Waals surface area contributed by atoms with Gasteiger partial charge in [-0.15, -0.1) is 0 Å². The Morgan fingerprint density at radius 3 is 2.64 bits per heavy atom. The first-order valence-corrected chi connectivity index (χ1v) is 8.31. The molecule has 118 valence electrons. The molecule has 1 aliphatic rings. The molecule has 3 heteroatoms. The van der Waals surface area contributed by atoms with E-state index in [0.29, 0.717) is 6.04 Å². The molecule has 0 radical (unpaired) electrons. The zero-order valence-electron chi connectivity index (χ0n) is 13.6. The van der Waals surface area contributed by atoms with Gasteiger partial charge in [0.1, 0.15) is 0 Å². The van der Waals surface area contributed by atoms with Crippen molar-refractivity contribution in [3.8, 4) is 0 Å². The van der Waals surface area contributed by atoms with Crippen molar-refractivity contribution in [3.63, 3.8) is 0 Å². The van der Waals surface area contributed by atoms with Gasteiger partial charge in [0.05, 0.1) is 11.7 Å². The number of halogens is 1. The molecule has 2 rings (SSSR count). The topological polar surface area (TPSA) is 15.6 Å². The van der Waals surface area contributed by atoms with E-state index in [1.807, 2.05) is 24.3 Å². The van der Waals surface area contributed by atoms with Gasteiger partial charge in [-0.05, 0) is 55.4 Å². The fraction of sp³-hybridized carbons (Fsp3) is 0.421. The van der Waals surface area contributed by atoms with Gasteiger partial charge in [-0.25, -0.2) is 0 Å². The first kappa shape index (κ1) is 17.0. The molecule has 0 saturated carbocycles. The Hall–Kier alpha value is -1.38. The zero-order chi connectivity index (χ0) is 16.1. The van der Waals surface area contributed by atoms with E-state index >= 15 is 0 Å². The van der Waals surface area contributed by atoms with Crippen LogP contribution in [0.2, 0.25) is 5.02 Å². The fourth-order valence-electron chi connectivity index (χ4n) is 3.07. The first-order chi connectivity index (χ1) is 10.6. The Bertz CT molecular complexity index is 572. The third-order valence-corrected chi connectivity index (χ3v) is 4.68. The lowest BCUT2D eigenvalue weighted by Crippen LogP contribution is -2.38. The number of allylic oxidation sites excluding steroid dienone is 1. The first-order valence-electron chi connectivity index (χ1n) is 7.93. The highest BCUT2D eigenvalue weighted by atomic mass is 35.5. The monoisotopic (exact) mass is 316 g/mol. The van der Waals surface area contributed by atoms with Crippen LogP contribution >= 0.6 is 11.6 Å². The lowest BCUT2D eigenvalue weighted by molar-refractivity contribution is 0.243. The summed E-state index contributed by atoms with van der Waals surface area (Å²) in [6.07, 6.45) is 4.49. The summed E-state index contributed by atoms with van der Waals surface area (Å²) < 4.78 is 0. The van der Waals surface area contributed by atoms with E-state index in [9.17, 15) is 0 Å². The zero-order valence-corrected chi connectivity index (χ0v) is 14.4. The van der Waals surface area contributed by atoms with E-state index in [-0.39, 0.29) is 0 Å². The van der Waals surface area contributed by atoms with Crippen LogP contribution in [0.25, 0.3) is 5.57 Å². The minimum Gasteiger partial charge on any atom is -0.297 e. The van der Waals surface area contributed by atoms with Gasteiger partial charge in [0.2, 0.25) is 0 Å². The quantitative estimate of drug-likeness (QED) is 0.658. The molecular weight excluding hydrogens is 292 g/mol. The van der Waals surface area contributed by atoms with E-state index in [1.54, 1.807) is 0 Å². The van der Waals surface area contributed by atoms with Gasteiger partial charge < -0.3 is 0 Å². The predicted octanol–water partition coefficient (Wildman–Crippen LogP) is 5.20. The van der Waals surface area contributed by atoms with Gasteiger partial charge in [-0.2, -0.15) is 0 Å². The van der Waals surface area contributed by atoms with E-state index < -0.39 is 0 Å². The molecule has 1 atom stereocenters. The molecule has 0 aliphatic carbocycles. The molecule has 0 fully saturated rings. The number of unbranched alkanes of at least 4 members (excludes halogenated alkanes) is 1. The average Bonchev–Trinajstić information content (AvgIpc) is 2.53. The third-order valence-electron chi connectivity index (χ3n) is 4.43. The van der Waals surface area contributed by atoms with Crippen molar-refractivity contribution in [2.75, 3.05) is 13.6 Å². The van der Waals surface area contributed by atoms with Crippen LogP contribution < -0.4 is 0 Å². The Kier molecular flexibility index (Phi) is 5.98. The summed E-state index contributed by atoms with van der Waals surface area (Å²) in [6.45, 7) is 11.4. The molecule has 1 aromatic carbocycles. The second-order valence-corrected chi connectivity index (χ2v) is 6.33. The van der Waals surface area contributed by atoms with E-state index in [4.69, 9.17) is 11.6 Å². The van der Waals surface area contributed by atoms with Crippen LogP contribution in [-0.2, 0) is 0 Å². The summed E-state index contributed by atoms with van der Waals surface area (Å²) in [4.78, 5) is 6.77. The van der Waals surface area contributed by atoms with Crippen molar-refractivity contribution in [1.29, 1.82) is 0 Å². The number of nitrogens with zero attached hydrogens (tertiary/aromatic N) is 2. The average molecular weight is 317 g/mol. The highest BCUT2D eigenvalue weighted by Gasteiger charge is 2.27. The second kappa shape index (κ2) is 7.75. The highest BCUT2D eigenvalue weighted by molar-refractivity contribution is 6.30. The molecule has 0 spiro atoms. The molecule has 0 aromatic heterocycles. The summed E-state index contributed by atoms with van der Waals surface area (Å²) >= 11 is 5.98. The lowest BCUT2D eigenvalue weighted by atomic mass is 9.88. The normalized spacial score (nSPS) is 19.3. The molecular formula is C19H25ClN2. The van der Waals surface area contributed by atoms with Crippen LogP contribution in [0.15, 0.2) is 47.1 Å². The molecule has 1 aromatic rings. The van der Waals surface area contributed by atoms with E-state index in [1.165, 1.54) is 18.4 Å². The van der Waals surface area contributed by atoms with Gasteiger partial charge in [-0.3, -0.25) is 9.89 Å². The van der Waals surface area contributed by atoms with Gasteiger partial charge in [0, 0.05) is 11.6 Å². The van der Waals surface area contributed by atoms with Crippen LogP contribution in [0.1, 0.15) is 38.2 Å². The molecule has 0 amide bonds. The summed E-state index contributed by atoms with van der Waals surface area (Å²) in [7, 11) is 2.17. The van der Waals surface area contributed by atoms with Crippen molar-refractivity contribution in [1.82, 2.24) is 4.90 Å². The SMILES string of the molecule is C=NC1=C(C(=C)c2ccc(Cl)cc2)CCN(C)C1CCCC. The van der Waals surface area contributed by atoms with E-state index in [2.05, 4.69) is 37.2 Å². The molecule has 1 heterocycles. The Morgan fingerprint density at radius 2 is 2.05 bits per heavy atom. The molecule has 0 bridgehead atoms. The number of rotatable bonds is 6. The maximum atomic E-state index is 5.98. The number of hydrogen-bond donors (Lipinski definition) is 0. The summed E-state index contributed by atoms with van der Waals surface area (Å²) in [5.41, 5.74) is 4.51. The van der Waals surface area contributed by atoms with Crippen LogP contribution in [0.4, 0.5) is 0 Å². The predicted molar refractivity (Wildman–Crippen MR) is 97.6 cm³/mol. The minimum absolute atomic E-state index is 0.352. The second-order valence-electron chi connectivity index (χ2n) is 5.90. The third kappa shape index (κ3) is 3.68. The van der Waals surface area contributed by atoms with Crippen molar-refractivity contribution in [2.24, 2.45) is 4.99 Å². The fourth-order valence-corrected chi connectivity index (χ4v) is 3.19. The number of hydrogen-bond acceptors (Lipinski definition) is 2. The Balaban J connectivity index is 2.34. The molecule has 1 aliphatic heterocycles. The number of benzene rings is 1. The van der Waals surface area contributed by atoms with E-state index in [0.717, 1.165) is 41.2 Å². The maximum absolute atomic E-state index is 5.98. The Labute approximate surface area is 139 Å². The molecule has 1 unspecified atom stereocenters. The smallest absolute Gasteiger partial charge is 0.0606 e. The summed E-state index contributed by atoms with van der Waals surface area (Å²) in [5.74, 6) is 0. The number of likely N-dealkylation sites (N-methyl/N-ethyl adjacent to an activating group) is 1. The van der Waals surface area contributed by atoms with Gasteiger partial charge in [0.15, 0.2) is 0 Å². The van der Waals surface area contributed by atoms with Crippen molar-refractivity contribution in [3.05, 3.63) is 52.7 Å². The van der Waals surface area contributed by atoms with Crippen LogP contribution in [0.3, 0.4) is 0 Å². The summed E-state index contributed by atoms with van der Waals surface area (Å²) in [5, 5.41) is 0.747. The highest BCUT2D eigenvalue weighted by Crippen LogP contribution is 2.35. The standard InChI is InChI=1S/C19H25ClN2/c1-5-6-7-18-19(21-3)17(12-13-22(18)4)14(2)15-8-10-16(20)11-9-15/h8-11,18H,2-3,5-7,12-13H2,1,4H3. The maximum Gasteiger partial charge on any atom is 0.0606 e. The molecule has 22 heavy (non-hydrogen) atoms. The Morgan fingerprint density at radius 1 is 1.36 bits per heavy atom. The lowest BCUT2D eigenvalue weighted by Gasteiger charge is -2.35. The molecule has 0 N–H and O–H groups in total. The number of aliphatic imine (C=N–C) groups is 1. The van der Waals surface area contributed by atoms with Gasteiger partial charge in [0.25, 0.3) is 0 Å². The van der Waals surface area contributed by atoms with Gasteiger partial charge >= 0.3 is 0 Å².